The van der Waals surface area contributed by atoms with Gasteiger partial charge in [0.1, 0.15) is 0 Å². The third kappa shape index (κ3) is 2.16. The van der Waals surface area contributed by atoms with Crippen molar-refractivity contribution in [2.45, 2.75) is 44.2 Å². The first-order valence-electron chi connectivity index (χ1n) is 5.79. The summed E-state index contributed by atoms with van der Waals surface area (Å²) in [6, 6.07) is 0. The van der Waals surface area contributed by atoms with Gasteiger partial charge in [-0.25, -0.2) is 0 Å². The Morgan fingerprint density at radius 1 is 1.47 bits per heavy atom. The van der Waals surface area contributed by atoms with Gasteiger partial charge < -0.3 is 15.7 Å². The number of nitrogens with two attached hydrogens (primary N) is 1. The molecule has 0 aromatic heterocycles. The Hall–Kier alpha value is -0.610. The molecule has 2 fully saturated rings. The molecular formula is C11H20N2O2. The lowest BCUT2D eigenvalue weighted by atomic mass is 9.92. The summed E-state index contributed by atoms with van der Waals surface area (Å²) in [4.78, 5) is 13.8. The Labute approximate surface area is 90.4 Å². The lowest BCUT2D eigenvalue weighted by Gasteiger charge is -2.34. The van der Waals surface area contributed by atoms with Gasteiger partial charge >= 0.3 is 0 Å². The summed E-state index contributed by atoms with van der Waals surface area (Å²) >= 11 is 0. The molecular weight excluding hydrogens is 192 g/mol. The molecule has 2 rings (SSSR count). The predicted octanol–water partition coefficient (Wildman–Crippen LogP) is 0.0971. The molecule has 0 spiro atoms. The van der Waals surface area contributed by atoms with Gasteiger partial charge in [-0.3, -0.25) is 4.79 Å². The Morgan fingerprint density at radius 2 is 2.00 bits per heavy atom. The Morgan fingerprint density at radius 3 is 2.40 bits per heavy atom. The zero-order valence-electron chi connectivity index (χ0n) is 9.28. The zero-order valence-corrected chi connectivity index (χ0v) is 9.28. The van der Waals surface area contributed by atoms with Gasteiger partial charge in [-0.05, 0) is 38.5 Å². The van der Waals surface area contributed by atoms with Gasteiger partial charge in [0.25, 0.3) is 0 Å². The third-order valence-corrected chi connectivity index (χ3v) is 3.72. The third-order valence-electron chi connectivity index (χ3n) is 3.72. The van der Waals surface area contributed by atoms with Crippen LogP contribution in [0.1, 0.15) is 32.6 Å². The van der Waals surface area contributed by atoms with Crippen LogP contribution in [0.2, 0.25) is 0 Å². The Kier molecular flexibility index (Phi) is 2.73. The van der Waals surface area contributed by atoms with Gasteiger partial charge in [-0.2, -0.15) is 0 Å². The minimum absolute atomic E-state index is 0.117. The number of amides is 1. The molecule has 15 heavy (non-hydrogen) atoms. The van der Waals surface area contributed by atoms with Crippen LogP contribution in [0, 0.1) is 5.92 Å². The SMILES string of the molecule is CC(O)C1CCN(C(=O)C2(N)CC2)CC1. The number of carbonyl (C=O) groups is 1. The highest BCUT2D eigenvalue weighted by atomic mass is 16.3. The minimum Gasteiger partial charge on any atom is -0.393 e. The molecule has 0 aromatic rings. The van der Waals surface area contributed by atoms with Crippen molar-refractivity contribution in [2.75, 3.05) is 13.1 Å². The minimum atomic E-state index is -0.530. The summed E-state index contributed by atoms with van der Waals surface area (Å²) in [7, 11) is 0. The molecule has 0 radical (unpaired) electrons. The van der Waals surface area contributed by atoms with Crippen molar-refractivity contribution in [2.24, 2.45) is 11.7 Å². The fourth-order valence-corrected chi connectivity index (χ4v) is 2.25. The van der Waals surface area contributed by atoms with E-state index in [1.165, 1.54) is 0 Å². The van der Waals surface area contributed by atoms with Gasteiger partial charge in [-0.15, -0.1) is 0 Å². The van der Waals surface area contributed by atoms with Crippen molar-refractivity contribution in [1.82, 2.24) is 4.90 Å². The van der Waals surface area contributed by atoms with Gasteiger partial charge in [0.15, 0.2) is 0 Å². The number of piperidine rings is 1. The summed E-state index contributed by atoms with van der Waals surface area (Å²) < 4.78 is 0. The van der Waals surface area contributed by atoms with Crippen molar-refractivity contribution in [1.29, 1.82) is 0 Å². The number of carbonyl (C=O) groups excluding carboxylic acids is 1. The first kappa shape index (κ1) is 10.9. The van der Waals surface area contributed by atoms with E-state index in [2.05, 4.69) is 0 Å². The van der Waals surface area contributed by atoms with Gasteiger partial charge in [0, 0.05) is 13.1 Å². The van der Waals surface area contributed by atoms with E-state index in [0.29, 0.717) is 5.92 Å². The molecule has 1 saturated carbocycles. The van der Waals surface area contributed by atoms with Crippen LogP contribution >= 0.6 is 0 Å². The molecule has 3 N–H and O–H groups in total. The summed E-state index contributed by atoms with van der Waals surface area (Å²) in [5.74, 6) is 0.466. The predicted molar refractivity (Wildman–Crippen MR) is 57.1 cm³/mol. The quantitative estimate of drug-likeness (QED) is 0.682. The van der Waals surface area contributed by atoms with Crippen LogP contribution in [-0.4, -0.2) is 40.6 Å². The summed E-state index contributed by atoms with van der Waals surface area (Å²) in [6.45, 7) is 3.34. The lowest BCUT2D eigenvalue weighted by Crippen LogP contribution is -2.49. The molecule has 0 bridgehead atoms. The van der Waals surface area contributed by atoms with E-state index >= 15 is 0 Å². The molecule has 86 valence electrons. The monoisotopic (exact) mass is 212 g/mol. The molecule has 1 amide bonds. The average molecular weight is 212 g/mol. The normalized spacial score (nSPS) is 27.5. The van der Waals surface area contributed by atoms with Crippen molar-refractivity contribution in [3.63, 3.8) is 0 Å². The molecule has 1 heterocycles. The molecule has 1 atom stereocenters. The van der Waals surface area contributed by atoms with Crippen LogP contribution < -0.4 is 5.73 Å². The van der Waals surface area contributed by atoms with E-state index in [9.17, 15) is 9.90 Å². The highest BCUT2D eigenvalue weighted by molar-refractivity contribution is 5.89. The lowest BCUT2D eigenvalue weighted by molar-refractivity contribution is -0.135. The van der Waals surface area contributed by atoms with E-state index in [1.807, 2.05) is 11.8 Å². The maximum Gasteiger partial charge on any atom is 0.242 e. The number of likely N-dealkylation sites (tertiary alicyclic amines) is 1. The highest BCUT2D eigenvalue weighted by Crippen LogP contribution is 2.35. The molecule has 4 nitrogen and oxygen atoms in total. The fraction of sp³-hybridized carbons (Fsp3) is 0.909. The second kappa shape index (κ2) is 3.76. The van der Waals surface area contributed by atoms with E-state index < -0.39 is 5.54 Å². The molecule has 1 unspecified atom stereocenters. The van der Waals surface area contributed by atoms with E-state index in [1.54, 1.807) is 0 Å². The number of aliphatic hydroxyl groups excluding tert-OH is 1. The zero-order chi connectivity index (χ0) is 11.1. The van der Waals surface area contributed by atoms with Crippen LogP contribution in [0.5, 0.6) is 0 Å². The number of rotatable bonds is 2. The molecule has 1 aliphatic carbocycles. The maximum absolute atomic E-state index is 11.9. The number of hydrogen-bond acceptors (Lipinski definition) is 3. The van der Waals surface area contributed by atoms with E-state index in [4.69, 9.17) is 5.73 Å². The number of aliphatic hydroxyl groups is 1. The van der Waals surface area contributed by atoms with Crippen LogP contribution in [-0.2, 0) is 4.79 Å². The first-order chi connectivity index (χ1) is 7.03. The second-order valence-corrected chi connectivity index (χ2v) is 5.03. The van der Waals surface area contributed by atoms with Gasteiger partial charge in [0.2, 0.25) is 5.91 Å². The molecule has 0 aromatic carbocycles. The first-order valence-corrected chi connectivity index (χ1v) is 5.79. The Balaban J connectivity index is 1.85. The Bertz CT molecular complexity index is 253. The van der Waals surface area contributed by atoms with Crippen molar-refractivity contribution < 1.29 is 9.90 Å². The van der Waals surface area contributed by atoms with Crippen molar-refractivity contribution in [3.8, 4) is 0 Å². The largest absolute Gasteiger partial charge is 0.393 e. The molecule has 1 aliphatic heterocycles. The smallest absolute Gasteiger partial charge is 0.242 e. The molecule has 2 aliphatic rings. The molecule has 1 saturated heterocycles. The van der Waals surface area contributed by atoms with Crippen molar-refractivity contribution in [3.05, 3.63) is 0 Å². The summed E-state index contributed by atoms with van der Waals surface area (Å²) in [5.41, 5.74) is 5.34. The topological polar surface area (TPSA) is 66.6 Å². The van der Waals surface area contributed by atoms with E-state index in [0.717, 1.165) is 38.8 Å². The average Bonchev–Trinajstić information content (AvgIpc) is 2.97. The van der Waals surface area contributed by atoms with Crippen LogP contribution in [0.3, 0.4) is 0 Å². The van der Waals surface area contributed by atoms with Crippen LogP contribution in [0.15, 0.2) is 0 Å². The summed E-state index contributed by atoms with van der Waals surface area (Å²) in [5, 5.41) is 9.45. The standard InChI is InChI=1S/C11H20N2O2/c1-8(14)9-2-6-13(7-3-9)10(15)11(12)4-5-11/h8-9,14H,2-7,12H2,1H3. The summed E-state index contributed by atoms with van der Waals surface area (Å²) in [6.07, 6.45) is 3.22. The van der Waals surface area contributed by atoms with Crippen molar-refractivity contribution >= 4 is 5.91 Å². The highest BCUT2D eigenvalue weighted by Gasteiger charge is 2.48. The van der Waals surface area contributed by atoms with E-state index in [-0.39, 0.29) is 12.0 Å². The molecule has 4 heteroatoms. The number of hydrogen-bond donors (Lipinski definition) is 2. The van der Waals surface area contributed by atoms with Gasteiger partial charge in [-0.1, -0.05) is 0 Å². The van der Waals surface area contributed by atoms with Crippen LogP contribution in [0.25, 0.3) is 0 Å². The maximum atomic E-state index is 11.9. The van der Waals surface area contributed by atoms with Crippen LogP contribution in [0.4, 0.5) is 0 Å². The number of nitrogens with zero attached hydrogens (tertiary/aromatic N) is 1. The fourth-order valence-electron chi connectivity index (χ4n) is 2.25. The second-order valence-electron chi connectivity index (χ2n) is 5.03. The van der Waals surface area contributed by atoms with Gasteiger partial charge in [0.05, 0.1) is 11.6 Å².